The lowest BCUT2D eigenvalue weighted by molar-refractivity contribution is -0.118. The zero-order valence-electron chi connectivity index (χ0n) is 13.1. The van der Waals surface area contributed by atoms with Crippen LogP contribution in [0.1, 0.15) is 23.2 Å². The van der Waals surface area contributed by atoms with Crippen LogP contribution >= 0.6 is 0 Å². The van der Waals surface area contributed by atoms with E-state index in [-0.39, 0.29) is 18.2 Å². The molecule has 1 heterocycles. The molecule has 0 aliphatic carbocycles. The Morgan fingerprint density at radius 2 is 1.79 bits per heavy atom. The van der Waals surface area contributed by atoms with Gasteiger partial charge in [-0.15, -0.1) is 0 Å². The Bertz CT molecular complexity index is 833. The third-order valence-corrected chi connectivity index (χ3v) is 3.74. The van der Waals surface area contributed by atoms with E-state index < -0.39 is 0 Å². The van der Waals surface area contributed by atoms with E-state index >= 15 is 0 Å². The Morgan fingerprint density at radius 3 is 2.50 bits per heavy atom. The van der Waals surface area contributed by atoms with Gasteiger partial charge in [0.25, 0.3) is 5.91 Å². The highest BCUT2D eigenvalue weighted by molar-refractivity contribution is 5.94. The van der Waals surface area contributed by atoms with Crippen LogP contribution in [0.25, 0.3) is 22.3 Å². The van der Waals surface area contributed by atoms with Crippen molar-refractivity contribution in [1.82, 2.24) is 5.32 Å². The zero-order chi connectivity index (χ0) is 16.9. The largest absolute Gasteiger partial charge is 0.456 e. The number of nitrogens with two attached hydrogens (primary N) is 1. The van der Waals surface area contributed by atoms with Crippen molar-refractivity contribution in [1.29, 1.82) is 0 Å². The third kappa shape index (κ3) is 3.63. The summed E-state index contributed by atoms with van der Waals surface area (Å²) in [5.74, 6) is 0.236. The fourth-order valence-electron chi connectivity index (χ4n) is 2.48. The van der Waals surface area contributed by atoms with Crippen LogP contribution in [0.4, 0.5) is 0 Å². The number of hydrogen-bond acceptors (Lipinski definition) is 3. The lowest BCUT2D eigenvalue weighted by Crippen LogP contribution is -2.25. The molecule has 0 unspecified atom stereocenters. The molecule has 122 valence electrons. The number of benzene rings is 2. The summed E-state index contributed by atoms with van der Waals surface area (Å²) in [6.07, 6.45) is 0.809. The lowest BCUT2D eigenvalue weighted by atomic mass is 10.1. The van der Waals surface area contributed by atoms with Crippen molar-refractivity contribution < 1.29 is 14.0 Å². The summed E-state index contributed by atoms with van der Waals surface area (Å²) in [7, 11) is 0. The zero-order valence-corrected chi connectivity index (χ0v) is 13.1. The molecular weight excluding hydrogens is 304 g/mol. The number of primary amides is 1. The molecule has 0 bridgehead atoms. The molecule has 0 saturated carbocycles. The second kappa shape index (κ2) is 7.00. The van der Waals surface area contributed by atoms with Gasteiger partial charge in [0.15, 0.2) is 0 Å². The number of carbonyl (C=O) groups excluding carboxylic acids is 2. The molecule has 5 heteroatoms. The standard InChI is InChI=1S/C19H18N2O3/c20-18(22)6-3-11-21-19(23)14-9-7-13(8-10-14)17-12-15-4-1-2-5-16(15)24-17/h1-2,4-5,7-10,12H,3,6,11H2,(H2,20,22)(H,21,23). The number of amides is 2. The van der Waals surface area contributed by atoms with Gasteiger partial charge in [-0.3, -0.25) is 9.59 Å². The molecule has 0 aliphatic heterocycles. The van der Waals surface area contributed by atoms with Crippen molar-refractivity contribution in [3.05, 3.63) is 60.2 Å². The highest BCUT2D eigenvalue weighted by Crippen LogP contribution is 2.27. The maximum Gasteiger partial charge on any atom is 0.251 e. The molecule has 24 heavy (non-hydrogen) atoms. The smallest absolute Gasteiger partial charge is 0.251 e. The SMILES string of the molecule is NC(=O)CCCNC(=O)c1ccc(-c2cc3ccccc3o2)cc1. The van der Waals surface area contributed by atoms with Crippen molar-refractivity contribution in [3.8, 4) is 11.3 Å². The topological polar surface area (TPSA) is 85.3 Å². The van der Waals surface area contributed by atoms with Gasteiger partial charge in [-0.2, -0.15) is 0 Å². The third-order valence-electron chi connectivity index (χ3n) is 3.74. The number of carbonyl (C=O) groups is 2. The highest BCUT2D eigenvalue weighted by Gasteiger charge is 2.08. The van der Waals surface area contributed by atoms with E-state index in [4.69, 9.17) is 10.2 Å². The molecule has 0 fully saturated rings. The monoisotopic (exact) mass is 322 g/mol. The van der Waals surface area contributed by atoms with Gasteiger partial charge in [-0.05, 0) is 30.7 Å². The minimum Gasteiger partial charge on any atom is -0.456 e. The van der Waals surface area contributed by atoms with Crippen LogP contribution in [0.5, 0.6) is 0 Å². The van der Waals surface area contributed by atoms with Gasteiger partial charge in [0.2, 0.25) is 5.91 Å². The van der Waals surface area contributed by atoms with Crippen molar-refractivity contribution in [2.24, 2.45) is 5.73 Å². The normalized spacial score (nSPS) is 10.7. The van der Waals surface area contributed by atoms with Gasteiger partial charge in [-0.25, -0.2) is 0 Å². The second-order valence-electron chi connectivity index (χ2n) is 5.55. The van der Waals surface area contributed by atoms with Crippen LogP contribution in [-0.4, -0.2) is 18.4 Å². The number of para-hydroxylation sites is 1. The van der Waals surface area contributed by atoms with E-state index in [9.17, 15) is 9.59 Å². The Morgan fingerprint density at radius 1 is 1.04 bits per heavy atom. The van der Waals surface area contributed by atoms with Crippen LogP contribution < -0.4 is 11.1 Å². The molecule has 0 aliphatic rings. The number of rotatable bonds is 6. The first-order valence-electron chi connectivity index (χ1n) is 7.79. The number of furan rings is 1. The molecule has 5 nitrogen and oxygen atoms in total. The maximum atomic E-state index is 12.0. The Kier molecular flexibility index (Phi) is 4.61. The number of nitrogens with one attached hydrogen (secondary N) is 1. The molecule has 3 aromatic rings. The first-order valence-corrected chi connectivity index (χ1v) is 7.79. The van der Waals surface area contributed by atoms with Gasteiger partial charge in [-0.1, -0.05) is 30.3 Å². The summed E-state index contributed by atoms with van der Waals surface area (Å²) in [6.45, 7) is 0.424. The molecule has 1 aromatic heterocycles. The number of hydrogen-bond donors (Lipinski definition) is 2. The van der Waals surface area contributed by atoms with Crippen molar-refractivity contribution in [2.45, 2.75) is 12.8 Å². The van der Waals surface area contributed by atoms with Crippen LogP contribution in [0, 0.1) is 0 Å². The predicted molar refractivity (Wildman–Crippen MR) is 92.4 cm³/mol. The molecule has 3 N–H and O–H groups in total. The van der Waals surface area contributed by atoms with Gasteiger partial charge < -0.3 is 15.5 Å². The quantitative estimate of drug-likeness (QED) is 0.684. The van der Waals surface area contributed by atoms with Crippen LogP contribution in [0.3, 0.4) is 0 Å². The van der Waals surface area contributed by atoms with E-state index in [0.717, 1.165) is 22.3 Å². The molecule has 0 radical (unpaired) electrons. The summed E-state index contributed by atoms with van der Waals surface area (Å²) in [5.41, 5.74) is 7.37. The average molecular weight is 322 g/mol. The first-order chi connectivity index (χ1) is 11.6. The van der Waals surface area contributed by atoms with Gasteiger partial charge in [0.05, 0.1) is 0 Å². The minimum absolute atomic E-state index is 0.171. The van der Waals surface area contributed by atoms with Crippen molar-refractivity contribution in [2.75, 3.05) is 6.54 Å². The fourth-order valence-corrected chi connectivity index (χ4v) is 2.48. The van der Waals surface area contributed by atoms with E-state index in [2.05, 4.69) is 5.32 Å². The molecule has 2 aromatic carbocycles. The van der Waals surface area contributed by atoms with Crippen molar-refractivity contribution >= 4 is 22.8 Å². The summed E-state index contributed by atoms with van der Waals surface area (Å²) in [6, 6.07) is 17.0. The van der Waals surface area contributed by atoms with Crippen LogP contribution in [0.2, 0.25) is 0 Å². The summed E-state index contributed by atoms with van der Waals surface area (Å²) < 4.78 is 5.81. The summed E-state index contributed by atoms with van der Waals surface area (Å²) in [4.78, 5) is 22.7. The Balaban J connectivity index is 1.66. The van der Waals surface area contributed by atoms with E-state index in [1.807, 2.05) is 42.5 Å². The average Bonchev–Trinajstić information content (AvgIpc) is 3.02. The van der Waals surface area contributed by atoms with Crippen LogP contribution in [0.15, 0.2) is 59.0 Å². The highest BCUT2D eigenvalue weighted by atomic mass is 16.3. The molecule has 0 atom stereocenters. The minimum atomic E-state index is -0.362. The molecule has 3 rings (SSSR count). The Hall–Kier alpha value is -3.08. The second-order valence-corrected chi connectivity index (χ2v) is 5.55. The van der Waals surface area contributed by atoms with Gasteiger partial charge in [0.1, 0.15) is 11.3 Å². The van der Waals surface area contributed by atoms with Crippen LogP contribution in [-0.2, 0) is 4.79 Å². The summed E-state index contributed by atoms with van der Waals surface area (Å²) in [5, 5.41) is 3.81. The van der Waals surface area contributed by atoms with Gasteiger partial charge in [0, 0.05) is 29.5 Å². The van der Waals surface area contributed by atoms with Gasteiger partial charge >= 0.3 is 0 Å². The lowest BCUT2D eigenvalue weighted by Gasteiger charge is -2.05. The predicted octanol–water partition coefficient (Wildman–Crippen LogP) is 3.10. The van der Waals surface area contributed by atoms with Crippen molar-refractivity contribution in [3.63, 3.8) is 0 Å². The number of fused-ring (bicyclic) bond motifs is 1. The Labute approximate surface area is 139 Å². The molecular formula is C19H18N2O3. The fraction of sp³-hybridized carbons (Fsp3) is 0.158. The summed E-state index contributed by atoms with van der Waals surface area (Å²) >= 11 is 0. The van der Waals surface area contributed by atoms with E-state index in [0.29, 0.717) is 18.5 Å². The maximum absolute atomic E-state index is 12.0. The molecule has 2 amide bonds. The van der Waals surface area contributed by atoms with E-state index in [1.165, 1.54) is 0 Å². The molecule has 0 spiro atoms. The first kappa shape index (κ1) is 15.8. The van der Waals surface area contributed by atoms with E-state index in [1.54, 1.807) is 12.1 Å². The molecule has 0 saturated heterocycles.